The summed E-state index contributed by atoms with van der Waals surface area (Å²) in [6.07, 6.45) is 1.86. The SMILES string of the molecule is CCNC(=O)C[C@@H]1N=C(c2ccc(F)cc2)c2cc(OC)ccc2-c2cn(C)c(=O)cc21.[HH]. The Morgan fingerprint density at radius 2 is 1.91 bits per heavy atom. The summed E-state index contributed by atoms with van der Waals surface area (Å²) in [5.74, 6) is 0.140. The van der Waals surface area contributed by atoms with Crippen molar-refractivity contribution in [1.29, 1.82) is 0 Å². The number of aliphatic imine (C=N–C) groups is 1. The number of nitrogens with zero attached hydrogens (tertiary/aromatic N) is 2. The van der Waals surface area contributed by atoms with Gasteiger partial charge in [-0.15, -0.1) is 0 Å². The Morgan fingerprint density at radius 3 is 2.59 bits per heavy atom. The Morgan fingerprint density at radius 1 is 1.16 bits per heavy atom. The molecule has 1 N–H and O–H groups in total. The van der Waals surface area contributed by atoms with Gasteiger partial charge >= 0.3 is 0 Å². The first-order chi connectivity index (χ1) is 15.4. The smallest absolute Gasteiger partial charge is 0.250 e. The van der Waals surface area contributed by atoms with Crippen LogP contribution in [-0.4, -0.2) is 29.8 Å². The highest BCUT2D eigenvalue weighted by molar-refractivity contribution is 6.17. The second-order valence-corrected chi connectivity index (χ2v) is 7.66. The van der Waals surface area contributed by atoms with Crippen molar-refractivity contribution in [1.82, 2.24) is 9.88 Å². The van der Waals surface area contributed by atoms with Crippen molar-refractivity contribution < 1.29 is 15.3 Å². The highest BCUT2D eigenvalue weighted by atomic mass is 19.1. The van der Waals surface area contributed by atoms with E-state index in [9.17, 15) is 14.0 Å². The number of nitrogens with one attached hydrogen (secondary N) is 1. The summed E-state index contributed by atoms with van der Waals surface area (Å²) in [5, 5.41) is 2.81. The number of hydrogen-bond acceptors (Lipinski definition) is 4. The number of rotatable bonds is 5. The van der Waals surface area contributed by atoms with Crippen LogP contribution in [0.1, 0.15) is 37.5 Å². The van der Waals surface area contributed by atoms with E-state index in [0.717, 1.165) is 16.7 Å². The summed E-state index contributed by atoms with van der Waals surface area (Å²) in [5.41, 5.74) is 4.29. The molecule has 0 radical (unpaired) electrons. The van der Waals surface area contributed by atoms with E-state index in [2.05, 4.69) is 5.32 Å². The van der Waals surface area contributed by atoms with Crippen molar-refractivity contribution in [2.75, 3.05) is 13.7 Å². The van der Waals surface area contributed by atoms with Crippen molar-refractivity contribution in [3.05, 3.63) is 87.6 Å². The van der Waals surface area contributed by atoms with Crippen LogP contribution in [0.4, 0.5) is 4.39 Å². The molecular weight excluding hydrogens is 409 g/mol. The summed E-state index contributed by atoms with van der Waals surface area (Å²) < 4.78 is 20.6. The molecule has 166 valence electrons. The van der Waals surface area contributed by atoms with Gasteiger partial charge in [0.05, 0.1) is 25.3 Å². The number of methoxy groups -OCH3 is 1. The summed E-state index contributed by atoms with van der Waals surface area (Å²) in [7, 11) is 3.28. The molecule has 3 aromatic rings. The molecule has 4 rings (SSSR count). The van der Waals surface area contributed by atoms with Gasteiger partial charge in [-0.2, -0.15) is 0 Å². The zero-order valence-corrected chi connectivity index (χ0v) is 18.2. The minimum absolute atomic E-state index is 0. The van der Waals surface area contributed by atoms with E-state index in [1.165, 1.54) is 16.7 Å². The Hall–Kier alpha value is -3.74. The highest BCUT2D eigenvalue weighted by Crippen LogP contribution is 2.39. The van der Waals surface area contributed by atoms with Crippen LogP contribution in [-0.2, 0) is 11.8 Å². The lowest BCUT2D eigenvalue weighted by Gasteiger charge is -2.16. The van der Waals surface area contributed by atoms with Gasteiger partial charge in [0.15, 0.2) is 0 Å². The number of fused-ring (bicyclic) bond motifs is 3. The first kappa shape index (κ1) is 21.5. The molecule has 0 aliphatic carbocycles. The van der Waals surface area contributed by atoms with Crippen molar-refractivity contribution >= 4 is 11.6 Å². The molecule has 2 aromatic carbocycles. The van der Waals surface area contributed by atoms with E-state index in [1.807, 2.05) is 25.1 Å². The maximum absolute atomic E-state index is 13.6. The second kappa shape index (κ2) is 8.78. The van der Waals surface area contributed by atoms with Crippen LogP contribution in [0.2, 0.25) is 0 Å². The normalized spacial score (nSPS) is 14.6. The fraction of sp³-hybridized carbons (Fsp3) is 0.240. The van der Waals surface area contributed by atoms with E-state index < -0.39 is 6.04 Å². The third-order valence-corrected chi connectivity index (χ3v) is 5.55. The number of carbonyl (C=O) groups is 1. The fourth-order valence-corrected chi connectivity index (χ4v) is 3.96. The van der Waals surface area contributed by atoms with Gasteiger partial charge in [-0.1, -0.05) is 0 Å². The first-order valence-electron chi connectivity index (χ1n) is 10.4. The van der Waals surface area contributed by atoms with Crippen LogP contribution in [0.5, 0.6) is 5.75 Å². The van der Waals surface area contributed by atoms with Crippen molar-refractivity contribution in [3.63, 3.8) is 0 Å². The number of aryl methyl sites for hydroxylation is 1. The fourth-order valence-electron chi connectivity index (χ4n) is 3.96. The molecular formula is C25H26FN3O3. The van der Waals surface area contributed by atoms with Gasteiger partial charge in [-0.3, -0.25) is 14.6 Å². The van der Waals surface area contributed by atoms with E-state index in [1.54, 1.807) is 38.6 Å². The molecule has 0 spiro atoms. The number of benzene rings is 2. The summed E-state index contributed by atoms with van der Waals surface area (Å²) in [6.45, 7) is 2.35. The summed E-state index contributed by atoms with van der Waals surface area (Å²) >= 11 is 0. The van der Waals surface area contributed by atoms with Gasteiger partial charge in [0.1, 0.15) is 11.6 Å². The summed E-state index contributed by atoms with van der Waals surface area (Å²) in [6, 6.07) is 12.7. The molecule has 1 amide bonds. The molecule has 1 aliphatic heterocycles. The minimum atomic E-state index is -0.580. The molecule has 1 atom stereocenters. The summed E-state index contributed by atoms with van der Waals surface area (Å²) in [4.78, 5) is 30.0. The van der Waals surface area contributed by atoms with Gasteiger partial charge in [-0.05, 0) is 60.5 Å². The number of ether oxygens (including phenoxy) is 1. The number of carbonyl (C=O) groups excluding carboxylic acids is 1. The minimum Gasteiger partial charge on any atom is -0.497 e. The zero-order valence-electron chi connectivity index (χ0n) is 18.2. The van der Waals surface area contributed by atoms with Crippen LogP contribution < -0.4 is 15.6 Å². The Labute approximate surface area is 186 Å². The Bertz CT molecular complexity index is 1270. The van der Waals surface area contributed by atoms with E-state index in [4.69, 9.17) is 9.73 Å². The van der Waals surface area contributed by atoms with Crippen molar-refractivity contribution in [2.45, 2.75) is 19.4 Å². The zero-order chi connectivity index (χ0) is 22.8. The van der Waals surface area contributed by atoms with E-state index in [-0.39, 0.29) is 25.1 Å². The molecule has 0 fully saturated rings. The quantitative estimate of drug-likeness (QED) is 0.661. The Kier molecular flexibility index (Phi) is 5.90. The monoisotopic (exact) mass is 435 g/mol. The maximum atomic E-state index is 13.6. The number of aromatic nitrogens is 1. The van der Waals surface area contributed by atoms with Crippen LogP contribution in [0.3, 0.4) is 0 Å². The molecule has 1 aromatic heterocycles. The Balaban J connectivity index is 0.00000306. The third kappa shape index (κ3) is 4.06. The van der Waals surface area contributed by atoms with Gasteiger partial charge < -0.3 is 14.6 Å². The molecule has 0 saturated carbocycles. The lowest BCUT2D eigenvalue weighted by molar-refractivity contribution is -0.121. The maximum Gasteiger partial charge on any atom is 0.250 e. The average molecular weight is 435 g/mol. The molecule has 6 nitrogen and oxygen atoms in total. The predicted molar refractivity (Wildman–Crippen MR) is 124 cm³/mol. The predicted octanol–water partition coefficient (Wildman–Crippen LogP) is 3.86. The number of pyridine rings is 1. The molecule has 7 heteroatoms. The molecule has 32 heavy (non-hydrogen) atoms. The molecule has 1 aliphatic rings. The highest BCUT2D eigenvalue weighted by Gasteiger charge is 2.27. The van der Waals surface area contributed by atoms with Crippen LogP contribution in [0.15, 0.2) is 64.5 Å². The van der Waals surface area contributed by atoms with Gasteiger partial charge in [0.25, 0.3) is 5.56 Å². The molecule has 2 heterocycles. The van der Waals surface area contributed by atoms with Crippen molar-refractivity contribution in [3.8, 4) is 16.9 Å². The van der Waals surface area contributed by atoms with Crippen LogP contribution in [0.25, 0.3) is 11.1 Å². The lowest BCUT2D eigenvalue weighted by Crippen LogP contribution is -2.25. The second-order valence-electron chi connectivity index (χ2n) is 7.66. The van der Waals surface area contributed by atoms with E-state index in [0.29, 0.717) is 29.1 Å². The van der Waals surface area contributed by atoms with Crippen LogP contribution >= 0.6 is 0 Å². The number of amides is 1. The van der Waals surface area contributed by atoms with Crippen molar-refractivity contribution in [2.24, 2.45) is 12.0 Å². The number of hydrogen-bond donors (Lipinski definition) is 1. The molecule has 0 unspecified atom stereocenters. The van der Waals surface area contributed by atoms with Crippen LogP contribution in [0, 0.1) is 5.82 Å². The molecule has 0 bridgehead atoms. The topological polar surface area (TPSA) is 72.7 Å². The number of halogens is 1. The molecule has 0 saturated heterocycles. The largest absolute Gasteiger partial charge is 0.497 e. The lowest BCUT2D eigenvalue weighted by atomic mass is 9.91. The first-order valence-corrected chi connectivity index (χ1v) is 10.4. The average Bonchev–Trinajstić information content (AvgIpc) is 2.90. The van der Waals surface area contributed by atoms with Gasteiger partial charge in [0, 0.05) is 44.0 Å². The van der Waals surface area contributed by atoms with Gasteiger partial charge in [-0.25, -0.2) is 4.39 Å². The van der Waals surface area contributed by atoms with Gasteiger partial charge in [0.2, 0.25) is 5.91 Å². The third-order valence-electron chi connectivity index (χ3n) is 5.55. The standard InChI is InChI=1S/C25H24FN3O3.H2/c1-4-27-23(30)13-22-19-12-24(31)29(2)14-21(19)18-10-9-17(32-3)11-20(18)25(28-22)15-5-7-16(26)8-6-15;/h5-12,14,22H,4,13H2,1-3H3,(H,27,30);1H/t22-;/m0./s1. The van der Waals surface area contributed by atoms with E-state index >= 15 is 0 Å².